The maximum Gasteiger partial charge on any atom is 0.141 e. The Labute approximate surface area is 124 Å². The van der Waals surface area contributed by atoms with Gasteiger partial charge in [0.1, 0.15) is 5.82 Å². The lowest BCUT2D eigenvalue weighted by Crippen LogP contribution is -2.25. The van der Waals surface area contributed by atoms with E-state index in [2.05, 4.69) is 22.4 Å². The zero-order chi connectivity index (χ0) is 15.1. The van der Waals surface area contributed by atoms with Gasteiger partial charge in [-0.15, -0.1) is 0 Å². The highest BCUT2D eigenvalue weighted by Crippen LogP contribution is 2.22. The summed E-state index contributed by atoms with van der Waals surface area (Å²) in [5.74, 6) is -0.328. The van der Waals surface area contributed by atoms with Crippen molar-refractivity contribution in [3.8, 4) is 0 Å². The lowest BCUT2D eigenvalue weighted by molar-refractivity contribution is 0.272. The first-order valence-electron chi connectivity index (χ1n) is 7.24. The van der Waals surface area contributed by atoms with Crippen LogP contribution < -0.4 is 5.32 Å². The zero-order valence-electron chi connectivity index (χ0n) is 12.2. The summed E-state index contributed by atoms with van der Waals surface area (Å²) in [5.41, 5.74) is 1.99. The van der Waals surface area contributed by atoms with Crippen LogP contribution in [0.1, 0.15) is 43.1 Å². The van der Waals surface area contributed by atoms with Gasteiger partial charge in [-0.1, -0.05) is 30.3 Å². The van der Waals surface area contributed by atoms with E-state index in [0.29, 0.717) is 0 Å². The molecular formula is C17H21FN2O. The van der Waals surface area contributed by atoms with Gasteiger partial charge in [0.05, 0.1) is 11.9 Å². The molecule has 0 radical (unpaired) electrons. The van der Waals surface area contributed by atoms with Crippen molar-refractivity contribution in [2.75, 3.05) is 6.61 Å². The van der Waals surface area contributed by atoms with E-state index in [-0.39, 0.29) is 24.5 Å². The van der Waals surface area contributed by atoms with Gasteiger partial charge in [0.2, 0.25) is 0 Å². The molecule has 0 spiro atoms. The number of nitrogens with one attached hydrogen (secondary N) is 1. The standard InChI is InChI=1S/C17H21FN2O/c1-13(16-10-9-15(18)12-19-16)20-17(8-5-11-21)14-6-3-2-4-7-14/h2-4,6-7,9-10,12-13,17,20-21H,5,8,11H2,1H3. The molecule has 0 saturated carbocycles. The molecule has 2 N–H and O–H groups in total. The highest BCUT2D eigenvalue weighted by molar-refractivity contribution is 5.20. The number of nitrogens with zero attached hydrogens (tertiary/aromatic N) is 1. The maximum absolute atomic E-state index is 12.9. The molecule has 1 aromatic carbocycles. The van der Waals surface area contributed by atoms with Gasteiger partial charge in [-0.05, 0) is 37.5 Å². The summed E-state index contributed by atoms with van der Waals surface area (Å²) in [6, 6.07) is 13.4. The number of benzene rings is 1. The van der Waals surface area contributed by atoms with E-state index in [1.165, 1.54) is 17.8 Å². The van der Waals surface area contributed by atoms with Crippen LogP contribution in [-0.2, 0) is 0 Å². The van der Waals surface area contributed by atoms with Crippen LogP contribution in [0, 0.1) is 5.82 Å². The van der Waals surface area contributed by atoms with E-state index in [0.717, 1.165) is 18.5 Å². The van der Waals surface area contributed by atoms with Crippen LogP contribution in [0.15, 0.2) is 48.7 Å². The molecule has 0 aliphatic rings. The third-order valence-corrected chi connectivity index (χ3v) is 3.50. The largest absolute Gasteiger partial charge is 0.396 e. The second kappa shape index (κ2) is 7.86. The smallest absolute Gasteiger partial charge is 0.141 e. The molecule has 1 aromatic heterocycles. The van der Waals surface area contributed by atoms with E-state index in [9.17, 15) is 4.39 Å². The zero-order valence-corrected chi connectivity index (χ0v) is 12.2. The lowest BCUT2D eigenvalue weighted by Gasteiger charge is -2.23. The third-order valence-electron chi connectivity index (χ3n) is 3.50. The molecule has 21 heavy (non-hydrogen) atoms. The highest BCUT2D eigenvalue weighted by atomic mass is 19.1. The van der Waals surface area contributed by atoms with Gasteiger partial charge in [0.15, 0.2) is 0 Å². The van der Waals surface area contributed by atoms with Crippen LogP contribution in [0.3, 0.4) is 0 Å². The first-order valence-corrected chi connectivity index (χ1v) is 7.24. The summed E-state index contributed by atoms with van der Waals surface area (Å²) in [6.45, 7) is 2.18. The average Bonchev–Trinajstić information content (AvgIpc) is 2.52. The number of aliphatic hydroxyl groups excluding tert-OH is 1. The molecule has 0 bridgehead atoms. The van der Waals surface area contributed by atoms with Crippen LogP contribution >= 0.6 is 0 Å². The molecule has 2 rings (SSSR count). The van der Waals surface area contributed by atoms with Crippen molar-refractivity contribution in [1.29, 1.82) is 0 Å². The Balaban J connectivity index is 2.09. The number of aliphatic hydroxyl groups is 1. The van der Waals surface area contributed by atoms with Gasteiger partial charge in [0, 0.05) is 18.7 Å². The van der Waals surface area contributed by atoms with Crippen molar-refractivity contribution in [1.82, 2.24) is 10.3 Å². The van der Waals surface area contributed by atoms with E-state index >= 15 is 0 Å². The van der Waals surface area contributed by atoms with E-state index < -0.39 is 0 Å². The van der Waals surface area contributed by atoms with Crippen LogP contribution in [0.25, 0.3) is 0 Å². The molecule has 2 aromatic rings. The van der Waals surface area contributed by atoms with Crippen LogP contribution in [-0.4, -0.2) is 16.7 Å². The molecule has 0 amide bonds. The molecule has 0 aliphatic carbocycles. The van der Waals surface area contributed by atoms with Crippen molar-refractivity contribution < 1.29 is 9.50 Å². The molecule has 112 valence electrons. The summed E-state index contributed by atoms with van der Waals surface area (Å²) < 4.78 is 12.9. The Morgan fingerprint density at radius 3 is 2.57 bits per heavy atom. The number of pyridine rings is 1. The number of hydrogen-bond acceptors (Lipinski definition) is 3. The monoisotopic (exact) mass is 288 g/mol. The molecule has 3 nitrogen and oxygen atoms in total. The van der Waals surface area contributed by atoms with Crippen molar-refractivity contribution in [3.05, 3.63) is 65.7 Å². The SMILES string of the molecule is CC(NC(CCCO)c1ccccc1)c1ccc(F)cn1. The number of hydrogen-bond donors (Lipinski definition) is 2. The van der Waals surface area contributed by atoms with Crippen molar-refractivity contribution >= 4 is 0 Å². The topological polar surface area (TPSA) is 45.1 Å². The van der Waals surface area contributed by atoms with E-state index in [1.807, 2.05) is 25.1 Å². The summed E-state index contributed by atoms with van der Waals surface area (Å²) in [5, 5.41) is 12.6. The molecule has 4 heteroatoms. The van der Waals surface area contributed by atoms with Crippen molar-refractivity contribution in [3.63, 3.8) is 0 Å². The molecule has 0 aliphatic heterocycles. The molecule has 0 fully saturated rings. The van der Waals surface area contributed by atoms with E-state index in [4.69, 9.17) is 5.11 Å². The fourth-order valence-corrected chi connectivity index (χ4v) is 2.36. The van der Waals surface area contributed by atoms with Crippen molar-refractivity contribution in [2.45, 2.75) is 31.8 Å². The Morgan fingerprint density at radius 1 is 1.19 bits per heavy atom. The first kappa shape index (κ1) is 15.6. The normalized spacial score (nSPS) is 13.9. The van der Waals surface area contributed by atoms with Gasteiger partial charge in [-0.25, -0.2) is 4.39 Å². The number of rotatable bonds is 7. The van der Waals surface area contributed by atoms with Crippen LogP contribution in [0.2, 0.25) is 0 Å². The van der Waals surface area contributed by atoms with Crippen LogP contribution in [0.4, 0.5) is 4.39 Å². The number of halogens is 1. The predicted molar refractivity (Wildman–Crippen MR) is 81.2 cm³/mol. The average molecular weight is 288 g/mol. The minimum absolute atomic E-state index is 0.00880. The molecule has 0 saturated heterocycles. The Bertz CT molecular complexity index is 530. The fourth-order valence-electron chi connectivity index (χ4n) is 2.36. The van der Waals surface area contributed by atoms with Gasteiger partial charge in [-0.2, -0.15) is 0 Å². The summed E-state index contributed by atoms with van der Waals surface area (Å²) >= 11 is 0. The quantitative estimate of drug-likeness (QED) is 0.821. The molecular weight excluding hydrogens is 267 g/mol. The second-order valence-electron chi connectivity index (χ2n) is 5.12. The fraction of sp³-hybridized carbons (Fsp3) is 0.353. The Kier molecular flexibility index (Phi) is 5.84. The van der Waals surface area contributed by atoms with Gasteiger partial charge in [0.25, 0.3) is 0 Å². The molecule has 2 unspecified atom stereocenters. The predicted octanol–water partition coefficient (Wildman–Crippen LogP) is 3.39. The highest BCUT2D eigenvalue weighted by Gasteiger charge is 2.15. The molecule has 2 atom stereocenters. The Morgan fingerprint density at radius 2 is 1.95 bits per heavy atom. The molecule has 1 heterocycles. The second-order valence-corrected chi connectivity index (χ2v) is 5.12. The summed E-state index contributed by atoms with van der Waals surface area (Å²) in [7, 11) is 0. The van der Waals surface area contributed by atoms with Gasteiger partial charge in [-0.3, -0.25) is 4.98 Å². The third kappa shape index (κ3) is 4.62. The van der Waals surface area contributed by atoms with Gasteiger partial charge >= 0.3 is 0 Å². The first-order chi connectivity index (χ1) is 10.2. The number of aromatic nitrogens is 1. The van der Waals surface area contributed by atoms with Crippen LogP contribution in [0.5, 0.6) is 0 Å². The minimum atomic E-state index is -0.328. The van der Waals surface area contributed by atoms with E-state index in [1.54, 1.807) is 6.07 Å². The lowest BCUT2D eigenvalue weighted by atomic mass is 10.0. The summed E-state index contributed by atoms with van der Waals surface area (Å²) in [4.78, 5) is 4.12. The minimum Gasteiger partial charge on any atom is -0.396 e. The Hall–Kier alpha value is -1.78. The van der Waals surface area contributed by atoms with Crippen molar-refractivity contribution in [2.24, 2.45) is 0 Å². The maximum atomic E-state index is 12.9. The van der Waals surface area contributed by atoms with Gasteiger partial charge < -0.3 is 10.4 Å². The summed E-state index contributed by atoms with van der Waals surface area (Å²) in [6.07, 6.45) is 2.81.